The topological polar surface area (TPSA) is 109 Å². The summed E-state index contributed by atoms with van der Waals surface area (Å²) in [4.78, 5) is 17.1. The van der Waals surface area contributed by atoms with Crippen LogP contribution in [0.25, 0.3) is 11.1 Å². The monoisotopic (exact) mass is 459 g/mol. The fourth-order valence-electron chi connectivity index (χ4n) is 5.10. The van der Waals surface area contributed by atoms with E-state index < -0.39 is 9.73 Å². The van der Waals surface area contributed by atoms with Crippen molar-refractivity contribution in [3.05, 3.63) is 47.0 Å². The lowest BCUT2D eigenvalue weighted by Crippen LogP contribution is -2.55. The number of carbonyl (C=O) groups excluding carboxylic acids is 1. The predicted molar refractivity (Wildman–Crippen MR) is 115 cm³/mol. The Bertz CT molecular complexity index is 1290. The van der Waals surface area contributed by atoms with Crippen molar-refractivity contribution in [1.82, 2.24) is 10.3 Å². The average molecular weight is 460 g/mol. The van der Waals surface area contributed by atoms with Crippen molar-refractivity contribution >= 4 is 38.3 Å². The van der Waals surface area contributed by atoms with Gasteiger partial charge in [-0.25, -0.2) is 14.0 Å². The first-order chi connectivity index (χ1) is 14.8. The third-order valence-electron chi connectivity index (χ3n) is 6.87. The molecule has 3 fully saturated rings. The van der Waals surface area contributed by atoms with Gasteiger partial charge in [0.25, 0.3) is 5.91 Å². The summed E-state index contributed by atoms with van der Waals surface area (Å²) in [5.41, 5.74) is 1.80. The predicted octanol–water partition coefficient (Wildman–Crippen LogP) is 5.10. The average Bonchev–Trinajstić information content (AvgIpc) is 3.27. The van der Waals surface area contributed by atoms with Crippen LogP contribution in [0.4, 0.5) is 0 Å². The molecule has 0 saturated heterocycles. The summed E-state index contributed by atoms with van der Waals surface area (Å²) in [5.74, 6) is 0.910. The van der Waals surface area contributed by atoms with Crippen LogP contribution in [0.1, 0.15) is 60.9 Å². The lowest BCUT2D eigenvalue weighted by molar-refractivity contribution is -0.0256. The minimum Gasteiger partial charge on any atom is -0.441 e. The highest BCUT2D eigenvalue weighted by Crippen LogP contribution is 2.61. The molecule has 6 rings (SSSR count). The van der Waals surface area contributed by atoms with Gasteiger partial charge in [0.2, 0.25) is 0 Å². The summed E-state index contributed by atoms with van der Waals surface area (Å²) in [6, 6.07) is 8.60. The summed E-state index contributed by atoms with van der Waals surface area (Å²) < 4.78 is 31.9. The molecular weight excluding hydrogens is 438 g/mol. The van der Waals surface area contributed by atoms with E-state index in [0.717, 1.165) is 55.5 Å². The van der Waals surface area contributed by atoms with Crippen molar-refractivity contribution in [2.75, 3.05) is 0 Å². The second-order valence-corrected chi connectivity index (χ2v) is 12.0. The Morgan fingerprint density at radius 1 is 1.16 bits per heavy atom. The van der Waals surface area contributed by atoms with Crippen molar-refractivity contribution in [2.24, 2.45) is 5.41 Å². The highest BCUT2D eigenvalue weighted by molar-refractivity contribution is 7.93. The molecule has 7 nitrogen and oxygen atoms in total. The Balaban J connectivity index is 1.04. The van der Waals surface area contributed by atoms with Crippen molar-refractivity contribution in [3.8, 4) is 0 Å². The van der Waals surface area contributed by atoms with Crippen LogP contribution in [0.2, 0.25) is 5.02 Å². The Morgan fingerprint density at radius 3 is 2.68 bits per heavy atom. The van der Waals surface area contributed by atoms with Crippen molar-refractivity contribution in [2.45, 2.75) is 60.8 Å². The minimum atomic E-state index is -2.93. The molecule has 2 heterocycles. The van der Waals surface area contributed by atoms with E-state index in [4.69, 9.17) is 25.2 Å². The molecule has 3 aliphatic carbocycles. The van der Waals surface area contributed by atoms with E-state index >= 15 is 0 Å². The first kappa shape index (κ1) is 19.4. The molecule has 3 aromatic rings. The molecule has 1 amide bonds. The number of halogens is 1. The first-order valence-electron chi connectivity index (χ1n) is 10.6. The Morgan fingerprint density at radius 2 is 1.94 bits per heavy atom. The molecular formula is C22H22ClN3O4S. The fourth-order valence-corrected chi connectivity index (χ4v) is 6.88. The number of hydrogen-bond acceptors (Lipinski definition) is 6. The summed E-state index contributed by atoms with van der Waals surface area (Å²) in [6.07, 6.45) is 5.43. The SMILES string of the molecule is N=S(=O)(c1ccc(C(=O)NC2CC3(C2)CC(c2nc4cc(Cl)ccc4o2)C3)o1)C1CC1. The highest BCUT2D eigenvalue weighted by atomic mass is 35.5. The van der Waals surface area contributed by atoms with Crippen LogP contribution in [0.3, 0.4) is 0 Å². The van der Waals surface area contributed by atoms with Crippen LogP contribution in [0, 0.1) is 10.2 Å². The number of rotatable bonds is 5. The number of benzene rings is 1. The number of amides is 1. The van der Waals surface area contributed by atoms with Gasteiger partial charge in [-0.1, -0.05) is 11.6 Å². The van der Waals surface area contributed by atoms with E-state index in [9.17, 15) is 9.00 Å². The molecule has 3 saturated carbocycles. The lowest BCUT2D eigenvalue weighted by Gasteiger charge is -2.57. The molecule has 3 aliphatic rings. The maximum Gasteiger partial charge on any atom is 0.287 e. The van der Waals surface area contributed by atoms with E-state index in [1.807, 2.05) is 12.1 Å². The lowest BCUT2D eigenvalue weighted by atomic mass is 9.50. The van der Waals surface area contributed by atoms with Crippen LogP contribution in [0.15, 0.2) is 44.3 Å². The molecule has 2 N–H and O–H groups in total. The van der Waals surface area contributed by atoms with Gasteiger partial charge in [-0.2, -0.15) is 0 Å². The molecule has 0 radical (unpaired) electrons. The van der Waals surface area contributed by atoms with Gasteiger partial charge in [0.1, 0.15) is 15.2 Å². The van der Waals surface area contributed by atoms with Gasteiger partial charge in [0.15, 0.2) is 22.3 Å². The summed E-state index contributed by atoms with van der Waals surface area (Å²) >= 11 is 6.03. The maximum atomic E-state index is 12.5. The number of aromatic nitrogens is 1. The molecule has 1 atom stereocenters. The summed E-state index contributed by atoms with van der Waals surface area (Å²) in [6.45, 7) is 0. The van der Waals surface area contributed by atoms with Gasteiger partial charge in [-0.05, 0) is 74.3 Å². The highest BCUT2D eigenvalue weighted by Gasteiger charge is 2.54. The molecule has 1 unspecified atom stereocenters. The van der Waals surface area contributed by atoms with Crippen LogP contribution in [-0.4, -0.2) is 26.4 Å². The Kier molecular flexibility index (Phi) is 4.12. The smallest absolute Gasteiger partial charge is 0.287 e. The second-order valence-electron chi connectivity index (χ2n) is 9.27. The van der Waals surface area contributed by atoms with Crippen LogP contribution < -0.4 is 5.32 Å². The standard InChI is InChI=1S/C22H22ClN3O4S/c23-13-1-4-17-16(7-13)26-21(30-17)12-8-22(9-12)10-14(11-22)25-20(27)18-5-6-19(29-18)31(24,28)15-2-3-15/h1,4-7,12,14-15,24H,2-3,8-11H2,(H,25,27). The molecule has 9 heteroatoms. The van der Waals surface area contributed by atoms with Gasteiger partial charge in [0, 0.05) is 17.0 Å². The number of fused-ring (bicyclic) bond motifs is 1. The number of nitrogens with one attached hydrogen (secondary N) is 2. The number of hydrogen-bond donors (Lipinski definition) is 2. The fraction of sp³-hybridized carbons (Fsp3) is 0.455. The molecule has 1 spiro atoms. The molecule has 162 valence electrons. The maximum absolute atomic E-state index is 12.5. The molecule has 2 aromatic heterocycles. The molecule has 0 aliphatic heterocycles. The second kappa shape index (κ2) is 6.59. The van der Waals surface area contributed by atoms with Crippen molar-refractivity contribution < 1.29 is 17.8 Å². The van der Waals surface area contributed by atoms with Crippen molar-refractivity contribution in [3.63, 3.8) is 0 Å². The molecule has 1 aromatic carbocycles. The van der Waals surface area contributed by atoms with Crippen LogP contribution >= 0.6 is 11.6 Å². The zero-order valence-electron chi connectivity index (χ0n) is 16.7. The zero-order valence-corrected chi connectivity index (χ0v) is 18.3. The van der Waals surface area contributed by atoms with E-state index in [0.29, 0.717) is 10.9 Å². The van der Waals surface area contributed by atoms with Gasteiger partial charge in [-0.15, -0.1) is 0 Å². The largest absolute Gasteiger partial charge is 0.441 e. The van der Waals surface area contributed by atoms with Gasteiger partial charge >= 0.3 is 0 Å². The van der Waals surface area contributed by atoms with Crippen LogP contribution in [0.5, 0.6) is 0 Å². The van der Waals surface area contributed by atoms with E-state index in [1.165, 1.54) is 12.1 Å². The summed E-state index contributed by atoms with van der Waals surface area (Å²) in [5, 5.41) is 3.64. The van der Waals surface area contributed by atoms with E-state index in [2.05, 4.69) is 10.3 Å². The van der Waals surface area contributed by atoms with Gasteiger partial charge < -0.3 is 14.2 Å². The van der Waals surface area contributed by atoms with E-state index in [1.54, 1.807) is 6.07 Å². The van der Waals surface area contributed by atoms with Gasteiger partial charge in [0.05, 0.1) is 5.25 Å². The normalized spacial score (nSPS) is 29.3. The Hall–Kier alpha value is -2.32. The third-order valence-corrected chi connectivity index (χ3v) is 9.33. The minimum absolute atomic E-state index is 0.105. The quantitative estimate of drug-likeness (QED) is 0.551. The number of nitrogens with zero attached hydrogens (tertiary/aromatic N) is 1. The molecule has 31 heavy (non-hydrogen) atoms. The zero-order chi connectivity index (χ0) is 21.4. The van der Waals surface area contributed by atoms with Gasteiger partial charge in [-0.3, -0.25) is 4.79 Å². The Labute approximate surface area is 184 Å². The first-order valence-corrected chi connectivity index (χ1v) is 12.6. The molecule has 0 bridgehead atoms. The summed E-state index contributed by atoms with van der Waals surface area (Å²) in [7, 11) is -2.93. The third kappa shape index (κ3) is 3.27. The number of furan rings is 1. The number of oxazole rings is 1. The van der Waals surface area contributed by atoms with E-state index in [-0.39, 0.29) is 33.5 Å². The number of carbonyl (C=O) groups is 1. The van der Waals surface area contributed by atoms with Crippen LogP contribution in [-0.2, 0) is 9.73 Å². The van der Waals surface area contributed by atoms with Crippen molar-refractivity contribution in [1.29, 1.82) is 4.78 Å².